The molecule has 1 aromatic rings. The Morgan fingerprint density at radius 2 is 2.36 bits per heavy atom. The van der Waals surface area contributed by atoms with Gasteiger partial charge in [0.15, 0.2) is 0 Å². The minimum Gasteiger partial charge on any atom is -0.407 e. The molecule has 0 aliphatic heterocycles. The van der Waals surface area contributed by atoms with Crippen LogP contribution in [0, 0.1) is 0 Å². The summed E-state index contributed by atoms with van der Waals surface area (Å²) in [6.45, 7) is 5.52. The van der Waals surface area contributed by atoms with E-state index in [2.05, 4.69) is 15.5 Å². The molecule has 0 amide bonds. The maximum atomic E-state index is 5.32. The first-order chi connectivity index (χ1) is 6.76. The van der Waals surface area contributed by atoms with E-state index in [9.17, 15) is 0 Å². The number of anilines is 1. The van der Waals surface area contributed by atoms with Crippen LogP contribution in [0.5, 0.6) is 0 Å². The summed E-state index contributed by atoms with van der Waals surface area (Å²) >= 11 is 0. The fourth-order valence-electron chi connectivity index (χ4n) is 0.982. The van der Waals surface area contributed by atoms with Crippen molar-refractivity contribution in [2.75, 3.05) is 18.5 Å². The summed E-state index contributed by atoms with van der Waals surface area (Å²) in [5.74, 6) is 0.427. The van der Waals surface area contributed by atoms with Gasteiger partial charge in [-0.25, -0.2) is 0 Å². The van der Waals surface area contributed by atoms with Gasteiger partial charge in [-0.3, -0.25) is 0 Å². The number of rotatable bonds is 6. The van der Waals surface area contributed by atoms with Crippen LogP contribution < -0.4 is 11.1 Å². The van der Waals surface area contributed by atoms with Gasteiger partial charge >= 0.3 is 6.01 Å². The van der Waals surface area contributed by atoms with Crippen LogP contribution >= 0.6 is 0 Å². The lowest BCUT2D eigenvalue weighted by Crippen LogP contribution is -2.19. The highest BCUT2D eigenvalue weighted by Crippen LogP contribution is 2.04. The molecule has 6 nitrogen and oxygen atoms in total. The van der Waals surface area contributed by atoms with Crippen LogP contribution in [0.15, 0.2) is 4.42 Å². The third-order valence-corrected chi connectivity index (χ3v) is 1.63. The molecule has 0 bridgehead atoms. The van der Waals surface area contributed by atoms with Gasteiger partial charge in [-0.05, 0) is 13.8 Å². The second-order valence-electron chi connectivity index (χ2n) is 2.85. The summed E-state index contributed by atoms with van der Waals surface area (Å²) in [6, 6.07) is 0.386. The van der Waals surface area contributed by atoms with Crippen LogP contribution in [0.3, 0.4) is 0 Å². The van der Waals surface area contributed by atoms with Crippen LogP contribution in [0.1, 0.15) is 19.7 Å². The molecule has 1 heterocycles. The second-order valence-corrected chi connectivity index (χ2v) is 2.85. The van der Waals surface area contributed by atoms with Gasteiger partial charge in [0, 0.05) is 13.2 Å². The minimum absolute atomic E-state index is 0.119. The Labute approximate surface area is 82.8 Å². The van der Waals surface area contributed by atoms with Gasteiger partial charge in [0.25, 0.3) is 0 Å². The van der Waals surface area contributed by atoms with Gasteiger partial charge in [-0.15, -0.1) is 5.10 Å². The molecule has 80 valence electrons. The molecule has 3 N–H and O–H groups in total. The first-order valence-corrected chi connectivity index (χ1v) is 4.64. The normalized spacial score (nSPS) is 12.8. The predicted molar refractivity (Wildman–Crippen MR) is 51.8 cm³/mol. The fourth-order valence-corrected chi connectivity index (χ4v) is 0.982. The zero-order valence-corrected chi connectivity index (χ0v) is 8.49. The Morgan fingerprint density at radius 3 is 2.93 bits per heavy atom. The average molecular weight is 200 g/mol. The minimum atomic E-state index is 0.119. The number of hydrogen-bond donors (Lipinski definition) is 2. The molecule has 0 spiro atoms. The lowest BCUT2D eigenvalue weighted by atomic mass is 10.4. The number of nitrogens with two attached hydrogens (primary N) is 1. The van der Waals surface area contributed by atoms with E-state index in [1.54, 1.807) is 0 Å². The Bertz CT molecular complexity index is 264. The van der Waals surface area contributed by atoms with Crippen molar-refractivity contribution >= 4 is 6.01 Å². The third-order valence-electron chi connectivity index (χ3n) is 1.63. The smallest absolute Gasteiger partial charge is 0.315 e. The van der Waals surface area contributed by atoms with Gasteiger partial charge in [0.2, 0.25) is 5.89 Å². The van der Waals surface area contributed by atoms with Gasteiger partial charge < -0.3 is 20.2 Å². The van der Waals surface area contributed by atoms with Crippen molar-refractivity contribution in [2.24, 2.45) is 5.73 Å². The maximum Gasteiger partial charge on any atom is 0.315 e. The van der Waals surface area contributed by atoms with Gasteiger partial charge in [0.1, 0.15) is 0 Å². The summed E-state index contributed by atoms with van der Waals surface area (Å²) in [4.78, 5) is 0. The summed E-state index contributed by atoms with van der Waals surface area (Å²) < 4.78 is 10.5. The number of aromatic nitrogens is 2. The molecule has 1 aromatic heterocycles. The van der Waals surface area contributed by atoms with E-state index in [4.69, 9.17) is 14.9 Å². The molecule has 1 unspecified atom stereocenters. The van der Waals surface area contributed by atoms with E-state index in [1.165, 1.54) is 0 Å². The monoisotopic (exact) mass is 200 g/mol. The standard InChI is InChI=1S/C8H16N4O2/c1-3-13-6(2)5-10-8-12-11-7(4-9)14-8/h6H,3-5,9H2,1-2H3,(H,10,12). The lowest BCUT2D eigenvalue weighted by molar-refractivity contribution is 0.0851. The Morgan fingerprint density at radius 1 is 1.57 bits per heavy atom. The highest BCUT2D eigenvalue weighted by atomic mass is 16.5. The summed E-state index contributed by atoms with van der Waals surface area (Å²) in [5, 5.41) is 10.4. The van der Waals surface area contributed by atoms with Gasteiger partial charge in [0.05, 0.1) is 12.6 Å². The molecule has 14 heavy (non-hydrogen) atoms. The van der Waals surface area contributed by atoms with E-state index >= 15 is 0 Å². The molecule has 0 aliphatic carbocycles. The van der Waals surface area contributed by atoms with Crippen LogP contribution in [-0.4, -0.2) is 29.5 Å². The fraction of sp³-hybridized carbons (Fsp3) is 0.750. The van der Waals surface area contributed by atoms with Crippen molar-refractivity contribution in [1.29, 1.82) is 0 Å². The zero-order valence-electron chi connectivity index (χ0n) is 8.49. The first kappa shape index (κ1) is 10.9. The molecule has 1 atom stereocenters. The van der Waals surface area contributed by atoms with Gasteiger partial charge in [-0.1, -0.05) is 5.10 Å². The molecule has 1 rings (SSSR count). The highest BCUT2D eigenvalue weighted by molar-refractivity contribution is 5.16. The SMILES string of the molecule is CCOC(C)CNc1nnc(CN)o1. The Hall–Kier alpha value is -1.14. The number of hydrogen-bond acceptors (Lipinski definition) is 6. The van der Waals surface area contributed by atoms with E-state index in [0.717, 1.165) is 0 Å². The van der Waals surface area contributed by atoms with E-state index in [1.807, 2.05) is 13.8 Å². The first-order valence-electron chi connectivity index (χ1n) is 4.64. The molecular formula is C8H16N4O2. The van der Waals surface area contributed by atoms with E-state index in [-0.39, 0.29) is 12.6 Å². The Kier molecular flexibility index (Phi) is 4.34. The largest absolute Gasteiger partial charge is 0.407 e. The predicted octanol–water partition coefficient (Wildman–Crippen LogP) is 0.365. The molecule has 6 heteroatoms. The van der Waals surface area contributed by atoms with Crippen molar-refractivity contribution in [3.8, 4) is 0 Å². The van der Waals surface area contributed by atoms with Crippen molar-refractivity contribution < 1.29 is 9.15 Å². The molecule has 0 saturated heterocycles. The van der Waals surface area contributed by atoms with Crippen LogP contribution in [0.2, 0.25) is 0 Å². The highest BCUT2D eigenvalue weighted by Gasteiger charge is 2.05. The lowest BCUT2D eigenvalue weighted by Gasteiger charge is -2.10. The van der Waals surface area contributed by atoms with Crippen molar-refractivity contribution in [2.45, 2.75) is 26.5 Å². The molecule has 0 fully saturated rings. The average Bonchev–Trinajstić information content (AvgIpc) is 2.63. The van der Waals surface area contributed by atoms with Crippen molar-refractivity contribution in [3.05, 3.63) is 5.89 Å². The number of ether oxygens (including phenoxy) is 1. The van der Waals surface area contributed by atoms with Crippen LogP contribution in [-0.2, 0) is 11.3 Å². The summed E-state index contributed by atoms with van der Waals surface area (Å²) in [6.07, 6.45) is 0.119. The van der Waals surface area contributed by atoms with Gasteiger partial charge in [-0.2, -0.15) is 0 Å². The van der Waals surface area contributed by atoms with Crippen LogP contribution in [0.25, 0.3) is 0 Å². The Balaban J connectivity index is 2.30. The summed E-state index contributed by atoms with van der Waals surface area (Å²) in [7, 11) is 0. The topological polar surface area (TPSA) is 86.2 Å². The van der Waals surface area contributed by atoms with E-state index in [0.29, 0.717) is 25.1 Å². The number of nitrogens with one attached hydrogen (secondary N) is 1. The van der Waals surface area contributed by atoms with E-state index < -0.39 is 0 Å². The quantitative estimate of drug-likeness (QED) is 0.689. The van der Waals surface area contributed by atoms with Crippen molar-refractivity contribution in [1.82, 2.24) is 10.2 Å². The third kappa shape index (κ3) is 3.31. The molecular weight excluding hydrogens is 184 g/mol. The maximum absolute atomic E-state index is 5.32. The molecule has 0 saturated carbocycles. The molecule has 0 aliphatic rings. The summed E-state index contributed by atoms with van der Waals surface area (Å²) in [5.41, 5.74) is 5.32. The van der Waals surface area contributed by atoms with Crippen molar-refractivity contribution in [3.63, 3.8) is 0 Å². The second kappa shape index (κ2) is 5.56. The zero-order chi connectivity index (χ0) is 10.4. The molecule has 0 radical (unpaired) electrons. The molecule has 0 aromatic carbocycles. The number of nitrogens with zero attached hydrogens (tertiary/aromatic N) is 2. The van der Waals surface area contributed by atoms with Crippen LogP contribution in [0.4, 0.5) is 6.01 Å².